The lowest BCUT2D eigenvalue weighted by Gasteiger charge is -2.08. The molecule has 0 aliphatic rings. The fraction of sp³-hybridized carbons (Fsp3) is 0.133. The van der Waals surface area contributed by atoms with Gasteiger partial charge in [0.25, 0.3) is 0 Å². The number of thioether (sulfide) groups is 1. The molecule has 0 bridgehead atoms. The highest BCUT2D eigenvalue weighted by molar-refractivity contribution is 7.99. The van der Waals surface area contributed by atoms with Gasteiger partial charge in [0.1, 0.15) is 0 Å². The van der Waals surface area contributed by atoms with Crippen LogP contribution in [0.5, 0.6) is 0 Å². The third-order valence-corrected chi connectivity index (χ3v) is 4.08. The Morgan fingerprint density at radius 3 is 2.74 bits per heavy atom. The van der Waals surface area contributed by atoms with E-state index in [1.54, 1.807) is 11.8 Å². The van der Waals surface area contributed by atoms with Crippen molar-refractivity contribution in [2.24, 2.45) is 0 Å². The first-order valence-corrected chi connectivity index (χ1v) is 7.07. The minimum absolute atomic E-state index is 0.360. The highest BCUT2D eigenvalue weighted by Gasteiger charge is 2.10. The van der Waals surface area contributed by atoms with Crippen LogP contribution in [0, 0.1) is 0 Å². The van der Waals surface area contributed by atoms with Crippen molar-refractivity contribution in [3.05, 3.63) is 54.1 Å². The number of rotatable bonds is 3. The molecule has 96 valence electrons. The molecule has 1 atom stereocenters. The number of nitrogens with one attached hydrogen (secondary N) is 1. The Kier molecular flexibility index (Phi) is 3.17. The number of aromatic nitrogens is 2. The monoisotopic (exact) mass is 269 g/mol. The molecule has 19 heavy (non-hydrogen) atoms. The fourth-order valence-corrected chi connectivity index (χ4v) is 2.97. The molecule has 0 radical (unpaired) electrons. The lowest BCUT2D eigenvalue weighted by atomic mass is 10.2. The van der Waals surface area contributed by atoms with Gasteiger partial charge in [0.15, 0.2) is 5.16 Å². The standard InChI is InChI=1S/C15H15N3S/c1-10(11-5-3-2-4-6-11)19-15-17-13-8-7-12(16)9-14(13)18-15/h2-10H,16H2,1H3,(H,17,18). The van der Waals surface area contributed by atoms with Gasteiger partial charge in [-0.15, -0.1) is 0 Å². The summed E-state index contributed by atoms with van der Waals surface area (Å²) in [7, 11) is 0. The Labute approximate surface area is 116 Å². The van der Waals surface area contributed by atoms with Crippen LogP contribution in [0.1, 0.15) is 17.7 Å². The number of nitrogen functional groups attached to an aromatic ring is 1. The van der Waals surface area contributed by atoms with Crippen LogP contribution in [0.4, 0.5) is 5.69 Å². The molecule has 0 saturated carbocycles. The van der Waals surface area contributed by atoms with Crippen molar-refractivity contribution in [1.82, 2.24) is 9.97 Å². The van der Waals surface area contributed by atoms with E-state index in [4.69, 9.17) is 5.73 Å². The number of nitrogens with zero attached hydrogens (tertiary/aromatic N) is 1. The quantitative estimate of drug-likeness (QED) is 0.558. The van der Waals surface area contributed by atoms with E-state index < -0.39 is 0 Å². The van der Waals surface area contributed by atoms with E-state index in [-0.39, 0.29) is 0 Å². The molecule has 3 N–H and O–H groups in total. The molecule has 0 aliphatic carbocycles. The third-order valence-electron chi connectivity index (χ3n) is 3.04. The van der Waals surface area contributed by atoms with Crippen LogP contribution in [0.25, 0.3) is 11.0 Å². The molecule has 1 aromatic heterocycles. The molecule has 4 heteroatoms. The van der Waals surface area contributed by atoms with E-state index in [0.29, 0.717) is 5.25 Å². The van der Waals surface area contributed by atoms with Crippen molar-refractivity contribution < 1.29 is 0 Å². The smallest absolute Gasteiger partial charge is 0.166 e. The molecule has 3 rings (SSSR count). The Balaban J connectivity index is 1.85. The minimum Gasteiger partial charge on any atom is -0.399 e. The number of hydrogen-bond acceptors (Lipinski definition) is 3. The van der Waals surface area contributed by atoms with Gasteiger partial charge in [0.05, 0.1) is 11.0 Å². The minimum atomic E-state index is 0.360. The molecule has 0 amide bonds. The molecule has 0 spiro atoms. The molecule has 3 nitrogen and oxygen atoms in total. The van der Waals surface area contributed by atoms with Crippen molar-refractivity contribution in [3.8, 4) is 0 Å². The van der Waals surface area contributed by atoms with Gasteiger partial charge in [-0.1, -0.05) is 42.1 Å². The van der Waals surface area contributed by atoms with Crippen molar-refractivity contribution >= 4 is 28.5 Å². The number of fused-ring (bicyclic) bond motifs is 1. The van der Waals surface area contributed by atoms with E-state index in [2.05, 4.69) is 41.2 Å². The lowest BCUT2D eigenvalue weighted by molar-refractivity contribution is 1.03. The number of nitrogens with two attached hydrogens (primary N) is 1. The van der Waals surface area contributed by atoms with Crippen LogP contribution in [0.2, 0.25) is 0 Å². The second kappa shape index (κ2) is 4.97. The van der Waals surface area contributed by atoms with Gasteiger partial charge in [0, 0.05) is 10.9 Å². The highest BCUT2D eigenvalue weighted by atomic mass is 32.2. The Hall–Kier alpha value is -1.94. The van der Waals surface area contributed by atoms with E-state index in [9.17, 15) is 0 Å². The maximum Gasteiger partial charge on any atom is 0.166 e. The molecule has 1 heterocycles. The van der Waals surface area contributed by atoms with Crippen LogP contribution >= 0.6 is 11.8 Å². The van der Waals surface area contributed by atoms with Crippen LogP contribution in [0.15, 0.2) is 53.7 Å². The highest BCUT2D eigenvalue weighted by Crippen LogP contribution is 2.33. The van der Waals surface area contributed by atoms with E-state index in [1.807, 2.05) is 24.3 Å². The van der Waals surface area contributed by atoms with E-state index in [1.165, 1.54) is 5.56 Å². The predicted octanol–water partition coefficient (Wildman–Crippen LogP) is 4.00. The van der Waals surface area contributed by atoms with Crippen molar-refractivity contribution in [1.29, 1.82) is 0 Å². The number of hydrogen-bond donors (Lipinski definition) is 2. The summed E-state index contributed by atoms with van der Waals surface area (Å²) in [5.74, 6) is 0. The summed E-state index contributed by atoms with van der Waals surface area (Å²) in [6, 6.07) is 16.2. The van der Waals surface area contributed by atoms with Gasteiger partial charge < -0.3 is 10.7 Å². The van der Waals surface area contributed by atoms with Gasteiger partial charge in [-0.3, -0.25) is 0 Å². The molecular weight excluding hydrogens is 254 g/mol. The fourth-order valence-electron chi connectivity index (χ4n) is 2.02. The Bertz CT molecular complexity index is 691. The number of benzene rings is 2. The molecule has 0 fully saturated rings. The van der Waals surface area contributed by atoms with Crippen LogP contribution < -0.4 is 5.73 Å². The molecule has 2 aromatic carbocycles. The second-order valence-electron chi connectivity index (χ2n) is 4.49. The summed E-state index contributed by atoms with van der Waals surface area (Å²) in [5, 5.41) is 1.29. The topological polar surface area (TPSA) is 54.7 Å². The maximum atomic E-state index is 5.77. The van der Waals surface area contributed by atoms with Crippen molar-refractivity contribution in [3.63, 3.8) is 0 Å². The third kappa shape index (κ3) is 2.58. The van der Waals surface area contributed by atoms with Gasteiger partial charge in [-0.05, 0) is 30.7 Å². The van der Waals surface area contributed by atoms with E-state index in [0.717, 1.165) is 21.9 Å². The van der Waals surface area contributed by atoms with Crippen molar-refractivity contribution in [2.75, 3.05) is 5.73 Å². The summed E-state index contributed by atoms with van der Waals surface area (Å²) in [6.07, 6.45) is 0. The van der Waals surface area contributed by atoms with Crippen LogP contribution in [0.3, 0.4) is 0 Å². The predicted molar refractivity (Wildman–Crippen MR) is 81.2 cm³/mol. The van der Waals surface area contributed by atoms with Gasteiger partial charge >= 0.3 is 0 Å². The zero-order chi connectivity index (χ0) is 13.2. The number of H-pyrrole nitrogens is 1. The summed E-state index contributed by atoms with van der Waals surface area (Å²) < 4.78 is 0. The normalized spacial score (nSPS) is 12.7. The summed E-state index contributed by atoms with van der Waals surface area (Å²) in [4.78, 5) is 7.88. The first-order chi connectivity index (χ1) is 9.22. The summed E-state index contributed by atoms with van der Waals surface area (Å²) in [5.41, 5.74) is 9.77. The number of aromatic amines is 1. The average Bonchev–Trinajstić information content (AvgIpc) is 2.81. The summed E-state index contributed by atoms with van der Waals surface area (Å²) in [6.45, 7) is 2.18. The Morgan fingerprint density at radius 2 is 1.95 bits per heavy atom. The molecule has 0 aliphatic heterocycles. The zero-order valence-electron chi connectivity index (χ0n) is 10.6. The first kappa shape index (κ1) is 12.1. The zero-order valence-corrected chi connectivity index (χ0v) is 11.4. The largest absolute Gasteiger partial charge is 0.399 e. The summed E-state index contributed by atoms with van der Waals surface area (Å²) >= 11 is 1.72. The van der Waals surface area contributed by atoms with Crippen molar-refractivity contribution in [2.45, 2.75) is 17.3 Å². The van der Waals surface area contributed by atoms with Gasteiger partial charge in [-0.25, -0.2) is 4.98 Å². The molecule has 1 unspecified atom stereocenters. The van der Waals surface area contributed by atoms with Gasteiger partial charge in [0.2, 0.25) is 0 Å². The van der Waals surface area contributed by atoms with E-state index >= 15 is 0 Å². The second-order valence-corrected chi connectivity index (χ2v) is 5.82. The maximum absolute atomic E-state index is 5.77. The lowest BCUT2D eigenvalue weighted by Crippen LogP contribution is -1.88. The van der Waals surface area contributed by atoms with Crippen LogP contribution in [-0.2, 0) is 0 Å². The SMILES string of the molecule is CC(Sc1nc2ccc(N)cc2[nH]1)c1ccccc1. The molecular formula is C15H15N3S. The average molecular weight is 269 g/mol. The first-order valence-electron chi connectivity index (χ1n) is 6.19. The number of imidazole rings is 1. The van der Waals surface area contributed by atoms with Gasteiger partial charge in [-0.2, -0.15) is 0 Å². The molecule has 3 aromatic rings. The van der Waals surface area contributed by atoms with Crippen LogP contribution in [-0.4, -0.2) is 9.97 Å². The Morgan fingerprint density at radius 1 is 1.16 bits per heavy atom. The molecule has 0 saturated heterocycles. The number of anilines is 1.